The maximum atomic E-state index is 7.37. The van der Waals surface area contributed by atoms with Crippen LogP contribution in [0.25, 0.3) is 0 Å². The van der Waals surface area contributed by atoms with E-state index >= 15 is 0 Å². The first-order valence-electron chi connectivity index (χ1n) is 9.75. The van der Waals surface area contributed by atoms with Crippen molar-refractivity contribution < 1.29 is 0 Å². The summed E-state index contributed by atoms with van der Waals surface area (Å²) in [7, 11) is 0. The Hall–Kier alpha value is -0.711. The molecule has 1 aromatic rings. The molecule has 0 heterocycles. The number of benzene rings is 1. The van der Waals surface area contributed by atoms with Gasteiger partial charge in [-0.15, -0.1) is 0 Å². The third-order valence-electron chi connectivity index (χ3n) is 5.05. The van der Waals surface area contributed by atoms with Crippen LogP contribution in [-0.2, 0) is 6.54 Å². The monoisotopic (exact) mass is 439 g/mol. The Labute approximate surface area is 153 Å². The average molecular weight is 438 g/mol. The van der Waals surface area contributed by atoms with Crippen molar-refractivity contribution >= 4 is 27.9 Å². The second-order valence-electron chi connectivity index (χ2n) is 7.06. The molecule has 0 spiro atoms. The van der Waals surface area contributed by atoms with Gasteiger partial charge in [0.05, 0.1) is 0 Å². The normalized spacial score (nSPS) is 11.5. The Bertz CT molecular complexity index is 466. The van der Waals surface area contributed by atoms with E-state index in [1.165, 1.54) is 57.4 Å². The third kappa shape index (κ3) is 7.04. The predicted octanol–water partition coefficient (Wildman–Crippen LogP) is 4.73. The second-order valence-corrected chi connectivity index (χ2v) is 20.3. The van der Waals surface area contributed by atoms with Crippen molar-refractivity contribution in [1.29, 1.82) is 5.41 Å². The molecule has 1 rings (SSSR count). The first-order chi connectivity index (χ1) is 11.6. The molecule has 0 bridgehead atoms. The molecule has 0 fully saturated rings. The number of rotatable bonds is 12. The fraction of sp³-hybridized carbons (Fsp3) is 0.650. The van der Waals surface area contributed by atoms with Gasteiger partial charge in [0.15, 0.2) is 0 Å². The fourth-order valence-corrected chi connectivity index (χ4v) is 19.7. The molecule has 0 saturated heterocycles. The third-order valence-corrected chi connectivity index (χ3v) is 20.7. The van der Waals surface area contributed by atoms with E-state index in [0.717, 1.165) is 0 Å². The van der Waals surface area contributed by atoms with Crippen LogP contribution in [0.15, 0.2) is 24.3 Å². The van der Waals surface area contributed by atoms with Crippen molar-refractivity contribution in [3.63, 3.8) is 0 Å². The van der Waals surface area contributed by atoms with Gasteiger partial charge < -0.3 is 0 Å². The van der Waals surface area contributed by atoms with Gasteiger partial charge in [-0.25, -0.2) is 0 Å². The standard InChI is InChI=1S/C8H10N3.3C4H9.Sn/c9-8(10)11-6-7-4-2-1-3-5-7;3*1-3-4-2;/h1-2,4-5H,6H2,(H4,9,10,11);3*1,3-4H2,2H3;. The zero-order valence-electron chi connectivity index (χ0n) is 16.0. The van der Waals surface area contributed by atoms with E-state index in [1.807, 2.05) is 0 Å². The van der Waals surface area contributed by atoms with E-state index in [0.29, 0.717) is 6.54 Å². The van der Waals surface area contributed by atoms with Crippen LogP contribution < -0.4 is 14.6 Å². The van der Waals surface area contributed by atoms with Gasteiger partial charge in [-0.3, -0.25) is 0 Å². The van der Waals surface area contributed by atoms with Crippen molar-refractivity contribution in [3.8, 4) is 0 Å². The van der Waals surface area contributed by atoms with Gasteiger partial charge in [0.25, 0.3) is 0 Å². The van der Waals surface area contributed by atoms with Gasteiger partial charge in [-0.2, -0.15) is 0 Å². The summed E-state index contributed by atoms with van der Waals surface area (Å²) in [6.07, 6.45) is 8.09. The molecule has 0 amide bonds. The van der Waals surface area contributed by atoms with Gasteiger partial charge in [-0.1, -0.05) is 0 Å². The Morgan fingerprint density at radius 1 is 1.00 bits per heavy atom. The molecule has 0 atom stereocenters. The van der Waals surface area contributed by atoms with Crippen LogP contribution in [0.5, 0.6) is 0 Å². The number of unbranched alkanes of at least 4 members (excludes halogenated alkanes) is 3. The summed E-state index contributed by atoms with van der Waals surface area (Å²) in [6, 6.07) is 9.23. The average Bonchev–Trinajstić information content (AvgIpc) is 2.60. The second kappa shape index (κ2) is 11.8. The number of hydrogen-bond acceptors (Lipinski definition) is 1. The van der Waals surface area contributed by atoms with E-state index in [-0.39, 0.29) is 5.96 Å². The van der Waals surface area contributed by atoms with Crippen LogP contribution >= 0.6 is 0 Å². The Balaban J connectivity index is 3.08. The quantitative estimate of drug-likeness (QED) is 0.251. The summed E-state index contributed by atoms with van der Waals surface area (Å²) in [6.45, 7) is 7.64. The number of nitrogens with two attached hydrogens (primary N) is 1. The molecular weight excluding hydrogens is 401 g/mol. The predicted molar refractivity (Wildman–Crippen MR) is 110 cm³/mol. The van der Waals surface area contributed by atoms with E-state index < -0.39 is 18.4 Å². The molecule has 0 aliphatic carbocycles. The zero-order chi connectivity index (χ0) is 17.8. The zero-order valence-corrected chi connectivity index (χ0v) is 18.8. The van der Waals surface area contributed by atoms with Crippen molar-refractivity contribution in [3.05, 3.63) is 29.8 Å². The summed E-state index contributed by atoms with van der Waals surface area (Å²) in [5.74, 6) is 0.0538. The van der Waals surface area contributed by atoms with Crippen LogP contribution in [0.2, 0.25) is 13.3 Å². The molecule has 0 radical (unpaired) electrons. The summed E-state index contributed by atoms with van der Waals surface area (Å²) < 4.78 is 6.18. The van der Waals surface area contributed by atoms with Gasteiger partial charge >= 0.3 is 153 Å². The first-order valence-corrected chi connectivity index (χ1v) is 17.2. The molecule has 136 valence electrons. The summed E-state index contributed by atoms with van der Waals surface area (Å²) in [5, 5.41) is 10.3. The summed E-state index contributed by atoms with van der Waals surface area (Å²) >= 11 is -2.33. The molecule has 0 unspecified atom stereocenters. The van der Waals surface area contributed by atoms with Crippen LogP contribution in [0.3, 0.4) is 0 Å². The molecule has 0 aliphatic heterocycles. The summed E-state index contributed by atoms with van der Waals surface area (Å²) in [5.41, 5.74) is 6.72. The van der Waals surface area contributed by atoms with Crippen LogP contribution in [0.4, 0.5) is 0 Å². The molecule has 0 aliphatic rings. The topological polar surface area (TPSA) is 61.9 Å². The maximum absolute atomic E-state index is 7.37. The Morgan fingerprint density at radius 3 is 2.00 bits per heavy atom. The Kier molecular flexibility index (Phi) is 10.5. The van der Waals surface area contributed by atoms with Gasteiger partial charge in [-0.05, 0) is 0 Å². The molecule has 1 aromatic carbocycles. The van der Waals surface area contributed by atoms with E-state index in [1.54, 1.807) is 3.58 Å². The van der Waals surface area contributed by atoms with Gasteiger partial charge in [0.2, 0.25) is 0 Å². The number of guanidine groups is 1. The van der Waals surface area contributed by atoms with Crippen molar-refractivity contribution in [2.24, 2.45) is 5.73 Å². The van der Waals surface area contributed by atoms with Crippen molar-refractivity contribution in [1.82, 2.24) is 5.32 Å². The van der Waals surface area contributed by atoms with Crippen LogP contribution in [0, 0.1) is 5.41 Å². The summed E-state index contributed by atoms with van der Waals surface area (Å²) in [4.78, 5) is 0. The minimum absolute atomic E-state index is 0.0538. The van der Waals surface area contributed by atoms with E-state index in [2.05, 4.69) is 50.4 Å². The minimum atomic E-state index is -2.33. The number of hydrogen-bond donors (Lipinski definition) is 3. The molecule has 4 N–H and O–H groups in total. The Morgan fingerprint density at radius 2 is 1.54 bits per heavy atom. The van der Waals surface area contributed by atoms with E-state index in [4.69, 9.17) is 11.1 Å². The molecular formula is C20H37N3Sn. The molecule has 3 nitrogen and oxygen atoms in total. The van der Waals surface area contributed by atoms with Crippen molar-refractivity contribution in [2.75, 3.05) is 0 Å². The van der Waals surface area contributed by atoms with Crippen LogP contribution in [-0.4, -0.2) is 24.3 Å². The number of nitrogens with one attached hydrogen (secondary N) is 2. The van der Waals surface area contributed by atoms with E-state index in [9.17, 15) is 0 Å². The fourth-order valence-electron chi connectivity index (χ4n) is 3.56. The van der Waals surface area contributed by atoms with Gasteiger partial charge in [0, 0.05) is 0 Å². The molecule has 4 heteroatoms. The molecule has 0 aromatic heterocycles. The SMILES string of the molecule is CCC[CH2][Sn]([CH2]CCC)([CH2]CCC)[c]1cccc(CNC(=N)N)c1. The molecule has 24 heavy (non-hydrogen) atoms. The first kappa shape index (κ1) is 21.3. The van der Waals surface area contributed by atoms with Crippen LogP contribution in [0.1, 0.15) is 64.9 Å². The molecule has 0 saturated carbocycles. The van der Waals surface area contributed by atoms with Gasteiger partial charge in [0.1, 0.15) is 0 Å². The van der Waals surface area contributed by atoms with Crippen molar-refractivity contribution in [2.45, 2.75) is 79.2 Å².